The average molecular weight is 326 g/mol. The first-order valence-corrected chi connectivity index (χ1v) is 7.47. The van der Waals surface area contributed by atoms with Crippen molar-refractivity contribution in [2.75, 3.05) is 11.9 Å². The number of benzene rings is 1. The van der Waals surface area contributed by atoms with Gasteiger partial charge in [-0.05, 0) is 31.5 Å². The molecule has 112 valence electrons. The van der Waals surface area contributed by atoms with Gasteiger partial charge in [0.25, 0.3) is 0 Å². The fourth-order valence-electron chi connectivity index (χ4n) is 1.85. The SMILES string of the molecule is CCOCc1nc(Cl)cc(NC(C)c2ccc(Cl)cc2)n1. The minimum absolute atomic E-state index is 0.0770. The highest BCUT2D eigenvalue weighted by Gasteiger charge is 2.09. The van der Waals surface area contributed by atoms with Crippen LogP contribution < -0.4 is 5.32 Å². The number of aromatic nitrogens is 2. The molecule has 1 aromatic carbocycles. The molecule has 2 rings (SSSR count). The number of rotatable bonds is 6. The van der Waals surface area contributed by atoms with Crippen molar-refractivity contribution in [1.29, 1.82) is 0 Å². The quantitative estimate of drug-likeness (QED) is 0.795. The van der Waals surface area contributed by atoms with Crippen LogP contribution in [0.1, 0.15) is 31.3 Å². The maximum Gasteiger partial charge on any atom is 0.158 e. The highest BCUT2D eigenvalue weighted by atomic mass is 35.5. The number of anilines is 1. The summed E-state index contributed by atoms with van der Waals surface area (Å²) in [6.07, 6.45) is 0. The maximum absolute atomic E-state index is 6.02. The van der Waals surface area contributed by atoms with Crippen LogP contribution in [-0.2, 0) is 11.3 Å². The molecule has 21 heavy (non-hydrogen) atoms. The molecular weight excluding hydrogens is 309 g/mol. The summed E-state index contributed by atoms with van der Waals surface area (Å²) in [5, 5.41) is 4.41. The van der Waals surface area contributed by atoms with E-state index in [9.17, 15) is 0 Å². The Morgan fingerprint density at radius 1 is 1.19 bits per heavy atom. The predicted molar refractivity (Wildman–Crippen MR) is 85.9 cm³/mol. The van der Waals surface area contributed by atoms with Crippen molar-refractivity contribution in [2.45, 2.75) is 26.5 Å². The molecule has 0 saturated heterocycles. The van der Waals surface area contributed by atoms with E-state index in [0.717, 1.165) is 10.6 Å². The molecular formula is C15H17Cl2N3O. The van der Waals surface area contributed by atoms with Gasteiger partial charge in [-0.15, -0.1) is 0 Å². The van der Waals surface area contributed by atoms with Crippen molar-refractivity contribution >= 4 is 29.0 Å². The summed E-state index contributed by atoms with van der Waals surface area (Å²) in [5.74, 6) is 1.24. The first-order valence-electron chi connectivity index (χ1n) is 6.71. The maximum atomic E-state index is 6.02. The average Bonchev–Trinajstić information content (AvgIpc) is 2.45. The van der Waals surface area contributed by atoms with E-state index in [1.165, 1.54) is 0 Å². The Balaban J connectivity index is 2.10. The molecule has 1 N–H and O–H groups in total. The molecule has 0 aliphatic heterocycles. The summed E-state index contributed by atoms with van der Waals surface area (Å²) in [7, 11) is 0. The van der Waals surface area contributed by atoms with E-state index in [4.69, 9.17) is 27.9 Å². The van der Waals surface area contributed by atoms with Gasteiger partial charge in [-0.25, -0.2) is 9.97 Å². The predicted octanol–water partition coefficient (Wildman–Crippen LogP) is 4.49. The van der Waals surface area contributed by atoms with Gasteiger partial charge in [0.15, 0.2) is 5.82 Å². The third kappa shape index (κ3) is 4.84. The van der Waals surface area contributed by atoms with Crippen molar-refractivity contribution in [3.8, 4) is 0 Å². The van der Waals surface area contributed by atoms with Crippen LogP contribution in [0.25, 0.3) is 0 Å². The van der Waals surface area contributed by atoms with E-state index in [2.05, 4.69) is 15.3 Å². The number of ether oxygens (including phenoxy) is 1. The fourth-order valence-corrected chi connectivity index (χ4v) is 2.18. The van der Waals surface area contributed by atoms with Gasteiger partial charge in [-0.3, -0.25) is 0 Å². The van der Waals surface area contributed by atoms with Crippen LogP contribution in [0.3, 0.4) is 0 Å². The van der Waals surface area contributed by atoms with Gasteiger partial charge in [-0.1, -0.05) is 35.3 Å². The smallest absolute Gasteiger partial charge is 0.158 e. The van der Waals surface area contributed by atoms with Gasteiger partial charge in [0.1, 0.15) is 17.6 Å². The number of hydrogen-bond donors (Lipinski definition) is 1. The van der Waals surface area contributed by atoms with Crippen LogP contribution in [-0.4, -0.2) is 16.6 Å². The Bertz CT molecular complexity index is 590. The van der Waals surface area contributed by atoms with Crippen LogP contribution in [0.2, 0.25) is 10.2 Å². The highest BCUT2D eigenvalue weighted by Crippen LogP contribution is 2.21. The molecule has 0 fully saturated rings. The third-order valence-electron chi connectivity index (χ3n) is 2.91. The van der Waals surface area contributed by atoms with E-state index in [0.29, 0.717) is 30.0 Å². The topological polar surface area (TPSA) is 47.0 Å². The monoisotopic (exact) mass is 325 g/mol. The normalized spacial score (nSPS) is 12.2. The summed E-state index contributed by atoms with van der Waals surface area (Å²) in [4.78, 5) is 8.53. The summed E-state index contributed by atoms with van der Waals surface area (Å²) in [6.45, 7) is 4.93. The molecule has 1 heterocycles. The molecule has 4 nitrogen and oxygen atoms in total. The molecule has 1 atom stereocenters. The van der Waals surface area contributed by atoms with Gasteiger partial charge in [-0.2, -0.15) is 0 Å². The van der Waals surface area contributed by atoms with Crippen LogP contribution >= 0.6 is 23.2 Å². The second-order valence-electron chi connectivity index (χ2n) is 4.55. The number of halogens is 2. The van der Waals surface area contributed by atoms with Crippen molar-refractivity contribution in [3.05, 3.63) is 51.9 Å². The zero-order valence-corrected chi connectivity index (χ0v) is 13.4. The zero-order chi connectivity index (χ0) is 15.2. The summed E-state index contributed by atoms with van der Waals surface area (Å²) >= 11 is 11.9. The summed E-state index contributed by atoms with van der Waals surface area (Å²) in [5.41, 5.74) is 1.11. The van der Waals surface area contributed by atoms with Gasteiger partial charge in [0, 0.05) is 23.7 Å². The molecule has 1 unspecified atom stereocenters. The Kier molecular flexibility index (Phi) is 5.79. The second kappa shape index (κ2) is 7.59. The molecule has 2 aromatic rings. The largest absolute Gasteiger partial charge is 0.374 e. The number of nitrogens with one attached hydrogen (secondary N) is 1. The minimum Gasteiger partial charge on any atom is -0.374 e. The minimum atomic E-state index is 0.0770. The second-order valence-corrected chi connectivity index (χ2v) is 5.37. The lowest BCUT2D eigenvalue weighted by Gasteiger charge is -2.15. The first kappa shape index (κ1) is 16.0. The Hall–Kier alpha value is -1.36. The van der Waals surface area contributed by atoms with Crippen LogP contribution in [0.4, 0.5) is 5.82 Å². The van der Waals surface area contributed by atoms with Crippen molar-refractivity contribution in [1.82, 2.24) is 9.97 Å². The molecule has 0 aliphatic rings. The molecule has 0 saturated carbocycles. The summed E-state index contributed by atoms with van der Waals surface area (Å²) < 4.78 is 5.31. The Labute approximate surface area is 134 Å². The van der Waals surface area contributed by atoms with Gasteiger partial charge >= 0.3 is 0 Å². The summed E-state index contributed by atoms with van der Waals surface area (Å²) in [6, 6.07) is 9.45. The van der Waals surface area contributed by atoms with Gasteiger partial charge < -0.3 is 10.1 Å². The Morgan fingerprint density at radius 2 is 1.90 bits per heavy atom. The molecule has 0 radical (unpaired) electrons. The van der Waals surface area contributed by atoms with Crippen molar-refractivity contribution in [3.63, 3.8) is 0 Å². The Morgan fingerprint density at radius 3 is 2.57 bits per heavy atom. The van der Waals surface area contributed by atoms with Crippen molar-refractivity contribution < 1.29 is 4.74 Å². The lowest BCUT2D eigenvalue weighted by molar-refractivity contribution is 0.128. The molecule has 0 aliphatic carbocycles. The number of nitrogens with zero attached hydrogens (tertiary/aromatic N) is 2. The van der Waals surface area contributed by atoms with Crippen LogP contribution in [0.15, 0.2) is 30.3 Å². The van der Waals surface area contributed by atoms with E-state index in [1.54, 1.807) is 6.07 Å². The molecule has 6 heteroatoms. The third-order valence-corrected chi connectivity index (χ3v) is 3.36. The van der Waals surface area contributed by atoms with Gasteiger partial charge in [0.2, 0.25) is 0 Å². The van der Waals surface area contributed by atoms with E-state index in [-0.39, 0.29) is 6.04 Å². The molecule has 0 spiro atoms. The van der Waals surface area contributed by atoms with E-state index in [1.807, 2.05) is 38.1 Å². The van der Waals surface area contributed by atoms with Crippen LogP contribution in [0.5, 0.6) is 0 Å². The van der Waals surface area contributed by atoms with Gasteiger partial charge in [0.05, 0.1) is 0 Å². The lowest BCUT2D eigenvalue weighted by atomic mass is 10.1. The van der Waals surface area contributed by atoms with E-state index >= 15 is 0 Å². The number of hydrogen-bond acceptors (Lipinski definition) is 4. The van der Waals surface area contributed by atoms with E-state index < -0.39 is 0 Å². The van der Waals surface area contributed by atoms with Crippen LogP contribution in [0, 0.1) is 0 Å². The standard InChI is InChI=1S/C15H17Cl2N3O/c1-3-21-9-15-19-13(17)8-14(20-15)18-10(2)11-4-6-12(16)7-5-11/h4-8,10H,3,9H2,1-2H3,(H,18,19,20). The molecule has 1 aromatic heterocycles. The molecule has 0 amide bonds. The molecule has 0 bridgehead atoms. The lowest BCUT2D eigenvalue weighted by Crippen LogP contribution is -2.10. The highest BCUT2D eigenvalue weighted by molar-refractivity contribution is 6.30. The zero-order valence-electron chi connectivity index (χ0n) is 11.9. The fraction of sp³-hybridized carbons (Fsp3) is 0.333. The first-order chi connectivity index (χ1) is 10.1. The van der Waals surface area contributed by atoms with Crippen molar-refractivity contribution in [2.24, 2.45) is 0 Å².